The van der Waals surface area contributed by atoms with Gasteiger partial charge in [0.15, 0.2) is 0 Å². The van der Waals surface area contributed by atoms with Crippen LogP contribution < -0.4 is 0 Å². The van der Waals surface area contributed by atoms with Gasteiger partial charge in [-0.25, -0.2) is 0 Å². The Labute approximate surface area is 143 Å². The monoisotopic (exact) mass is 358 g/mol. The van der Waals surface area contributed by atoms with E-state index in [-0.39, 0.29) is 12.2 Å². The first-order valence-corrected chi connectivity index (χ1v) is 7.95. The van der Waals surface area contributed by atoms with Gasteiger partial charge in [0.2, 0.25) is 0 Å². The molecule has 0 unspecified atom stereocenters. The van der Waals surface area contributed by atoms with E-state index in [0.29, 0.717) is 5.56 Å². The Morgan fingerprint density at radius 1 is 0.760 bits per heavy atom. The molecule has 0 fully saturated rings. The van der Waals surface area contributed by atoms with E-state index in [1.807, 2.05) is 12.1 Å². The number of rotatable bonds is 7. The lowest BCUT2D eigenvalue weighted by Crippen LogP contribution is -2.23. The average molecular weight is 358 g/mol. The maximum absolute atomic E-state index is 13.9. The molecule has 0 aliphatic carbocycles. The third-order valence-electron chi connectivity index (χ3n) is 3.70. The van der Waals surface area contributed by atoms with Crippen LogP contribution in [-0.4, -0.2) is 6.11 Å². The highest BCUT2D eigenvalue weighted by molar-refractivity contribution is 5.25. The molecule has 2 aromatic rings. The SMILES string of the molecule is CCCc1ccc(COC(F)(F)Cc2ccc(C(F)(F)F)cc2)cc1. The van der Waals surface area contributed by atoms with Crippen molar-refractivity contribution in [1.82, 2.24) is 0 Å². The topological polar surface area (TPSA) is 9.23 Å². The summed E-state index contributed by atoms with van der Waals surface area (Å²) in [4.78, 5) is 0. The molecule has 6 heteroatoms. The number of halogens is 5. The van der Waals surface area contributed by atoms with Gasteiger partial charge in [-0.2, -0.15) is 22.0 Å². The van der Waals surface area contributed by atoms with Crippen molar-refractivity contribution in [3.63, 3.8) is 0 Å². The third-order valence-corrected chi connectivity index (χ3v) is 3.70. The minimum Gasteiger partial charge on any atom is -0.315 e. The molecule has 1 nitrogen and oxygen atoms in total. The van der Waals surface area contributed by atoms with Crippen LogP contribution in [0.5, 0.6) is 0 Å². The summed E-state index contributed by atoms with van der Waals surface area (Å²) in [6, 6.07) is 10.9. The van der Waals surface area contributed by atoms with Gasteiger partial charge in [0.05, 0.1) is 18.6 Å². The van der Waals surface area contributed by atoms with Crippen molar-refractivity contribution in [1.29, 1.82) is 0 Å². The average Bonchev–Trinajstić information content (AvgIpc) is 2.54. The van der Waals surface area contributed by atoms with Gasteiger partial charge in [0.1, 0.15) is 0 Å². The molecule has 0 atom stereocenters. The van der Waals surface area contributed by atoms with E-state index in [0.717, 1.165) is 42.7 Å². The molecule has 0 heterocycles. The van der Waals surface area contributed by atoms with Crippen LogP contribution in [0.1, 0.15) is 35.6 Å². The summed E-state index contributed by atoms with van der Waals surface area (Å²) >= 11 is 0. The predicted molar refractivity (Wildman–Crippen MR) is 85.3 cm³/mol. The molecule has 0 N–H and O–H groups in total. The van der Waals surface area contributed by atoms with Gasteiger partial charge in [0, 0.05) is 0 Å². The highest BCUT2D eigenvalue weighted by Crippen LogP contribution is 2.30. The summed E-state index contributed by atoms with van der Waals surface area (Å²) in [7, 11) is 0. The third kappa shape index (κ3) is 6.12. The number of aryl methyl sites for hydroxylation is 1. The normalized spacial score (nSPS) is 12.4. The zero-order chi connectivity index (χ0) is 18.5. The molecule has 0 spiro atoms. The Morgan fingerprint density at radius 3 is 1.80 bits per heavy atom. The Hall–Kier alpha value is -1.95. The molecule has 25 heavy (non-hydrogen) atoms. The molecule has 0 radical (unpaired) electrons. The van der Waals surface area contributed by atoms with E-state index < -0.39 is 24.3 Å². The zero-order valence-electron chi connectivity index (χ0n) is 13.7. The van der Waals surface area contributed by atoms with Gasteiger partial charge >= 0.3 is 12.3 Å². The van der Waals surface area contributed by atoms with E-state index >= 15 is 0 Å². The van der Waals surface area contributed by atoms with Crippen LogP contribution in [0, 0.1) is 0 Å². The van der Waals surface area contributed by atoms with Crippen LogP contribution in [0.3, 0.4) is 0 Å². The number of hydrogen-bond donors (Lipinski definition) is 0. The first-order valence-electron chi connectivity index (χ1n) is 7.95. The predicted octanol–water partition coefficient (Wildman–Crippen LogP) is 6.01. The minimum absolute atomic E-state index is 0.0799. The van der Waals surface area contributed by atoms with Gasteiger partial charge in [-0.3, -0.25) is 0 Å². The molecule has 0 bridgehead atoms. The van der Waals surface area contributed by atoms with Crippen LogP contribution in [-0.2, 0) is 30.4 Å². The van der Waals surface area contributed by atoms with Crippen LogP contribution in [0.25, 0.3) is 0 Å². The second-order valence-corrected chi connectivity index (χ2v) is 5.86. The van der Waals surface area contributed by atoms with Crippen LogP contribution in [0.2, 0.25) is 0 Å². The Morgan fingerprint density at radius 2 is 1.28 bits per heavy atom. The van der Waals surface area contributed by atoms with Crippen molar-refractivity contribution in [2.45, 2.75) is 45.1 Å². The molecule has 2 rings (SSSR count). The standard InChI is InChI=1S/C19H19F5O/c1-2-3-14-4-6-16(7-5-14)13-25-18(20,21)12-15-8-10-17(11-9-15)19(22,23)24/h4-11H,2-3,12-13H2,1H3. The van der Waals surface area contributed by atoms with Gasteiger partial charge in [-0.1, -0.05) is 49.7 Å². The highest BCUT2D eigenvalue weighted by atomic mass is 19.4. The van der Waals surface area contributed by atoms with Crippen molar-refractivity contribution in [2.24, 2.45) is 0 Å². The lowest BCUT2D eigenvalue weighted by atomic mass is 10.1. The number of benzene rings is 2. The second kappa shape index (κ2) is 7.95. The number of alkyl halides is 5. The van der Waals surface area contributed by atoms with E-state index in [4.69, 9.17) is 0 Å². The quantitative estimate of drug-likeness (QED) is 0.551. The van der Waals surface area contributed by atoms with Gasteiger partial charge in [0.25, 0.3) is 0 Å². The second-order valence-electron chi connectivity index (χ2n) is 5.86. The first-order chi connectivity index (χ1) is 11.7. The fraction of sp³-hybridized carbons (Fsp3) is 0.368. The fourth-order valence-corrected chi connectivity index (χ4v) is 2.38. The molecular weight excluding hydrogens is 339 g/mol. The van der Waals surface area contributed by atoms with E-state index in [1.54, 1.807) is 12.1 Å². The Bertz CT molecular complexity index is 660. The molecule has 2 aromatic carbocycles. The van der Waals surface area contributed by atoms with Crippen molar-refractivity contribution < 1.29 is 26.7 Å². The van der Waals surface area contributed by atoms with Crippen molar-refractivity contribution >= 4 is 0 Å². The Balaban J connectivity index is 1.92. The summed E-state index contributed by atoms with van der Waals surface area (Å²) in [5.41, 5.74) is 0.957. The molecule has 0 aliphatic rings. The largest absolute Gasteiger partial charge is 0.416 e. The molecule has 0 aliphatic heterocycles. The summed E-state index contributed by atoms with van der Waals surface area (Å²) < 4.78 is 69.8. The summed E-state index contributed by atoms with van der Waals surface area (Å²) in [6.45, 7) is 1.79. The van der Waals surface area contributed by atoms with Gasteiger partial charge < -0.3 is 4.74 Å². The van der Waals surface area contributed by atoms with Crippen LogP contribution in [0.15, 0.2) is 48.5 Å². The van der Waals surface area contributed by atoms with E-state index in [9.17, 15) is 22.0 Å². The van der Waals surface area contributed by atoms with E-state index in [1.165, 1.54) is 0 Å². The fourth-order valence-electron chi connectivity index (χ4n) is 2.38. The highest BCUT2D eigenvalue weighted by Gasteiger charge is 2.32. The molecule has 0 aromatic heterocycles. The molecule has 0 saturated heterocycles. The summed E-state index contributed by atoms with van der Waals surface area (Å²) in [5.74, 6) is 0. The lowest BCUT2D eigenvalue weighted by Gasteiger charge is -2.17. The summed E-state index contributed by atoms with van der Waals surface area (Å²) in [5, 5.41) is 0. The maximum atomic E-state index is 13.9. The van der Waals surface area contributed by atoms with Crippen LogP contribution >= 0.6 is 0 Å². The molecular formula is C19H19F5O. The molecule has 136 valence electrons. The van der Waals surface area contributed by atoms with Crippen molar-refractivity contribution in [2.75, 3.05) is 0 Å². The molecule has 0 saturated carbocycles. The first kappa shape index (κ1) is 19.4. The lowest BCUT2D eigenvalue weighted by molar-refractivity contribution is -0.244. The van der Waals surface area contributed by atoms with Crippen molar-refractivity contribution in [3.05, 3.63) is 70.8 Å². The Kier molecular flexibility index (Phi) is 6.16. The summed E-state index contributed by atoms with van der Waals surface area (Å²) in [6.07, 6.45) is -6.80. The van der Waals surface area contributed by atoms with Crippen molar-refractivity contribution in [3.8, 4) is 0 Å². The smallest absolute Gasteiger partial charge is 0.315 e. The molecule has 0 amide bonds. The maximum Gasteiger partial charge on any atom is 0.416 e. The van der Waals surface area contributed by atoms with Gasteiger partial charge in [-0.05, 0) is 35.2 Å². The van der Waals surface area contributed by atoms with Gasteiger partial charge in [-0.15, -0.1) is 0 Å². The zero-order valence-corrected chi connectivity index (χ0v) is 13.7. The van der Waals surface area contributed by atoms with E-state index in [2.05, 4.69) is 11.7 Å². The minimum atomic E-state index is -4.48. The number of ether oxygens (including phenoxy) is 1. The van der Waals surface area contributed by atoms with Crippen LogP contribution in [0.4, 0.5) is 22.0 Å². The number of hydrogen-bond acceptors (Lipinski definition) is 1.